The maximum absolute atomic E-state index is 10.1. The lowest BCUT2D eigenvalue weighted by atomic mass is 10.0. The van der Waals surface area contributed by atoms with Crippen LogP contribution >= 0.6 is 0 Å². The van der Waals surface area contributed by atoms with E-state index in [1.54, 1.807) is 0 Å². The highest BCUT2D eigenvalue weighted by Gasteiger charge is 2.20. The average molecular weight is 250 g/mol. The second-order valence-corrected chi connectivity index (χ2v) is 4.80. The Balaban J connectivity index is 1.87. The minimum absolute atomic E-state index is 0.219. The van der Waals surface area contributed by atoms with Gasteiger partial charge in [0.25, 0.3) is 0 Å². The van der Waals surface area contributed by atoms with Gasteiger partial charge in [-0.3, -0.25) is 0 Å². The Kier molecular flexibility index (Phi) is 5.02. The Morgan fingerprint density at radius 2 is 2.17 bits per heavy atom. The van der Waals surface area contributed by atoms with E-state index in [0.717, 1.165) is 43.8 Å². The average Bonchev–Trinajstić information content (AvgIpc) is 2.89. The quantitative estimate of drug-likeness (QED) is 0.843. The van der Waals surface area contributed by atoms with Crippen LogP contribution in [0.25, 0.3) is 0 Å². The summed E-state index contributed by atoms with van der Waals surface area (Å²) in [7, 11) is 0. The van der Waals surface area contributed by atoms with Crippen LogP contribution in [0.15, 0.2) is 24.3 Å². The number of hydrogen-bond donors (Lipinski definition) is 1. The van der Waals surface area contributed by atoms with Gasteiger partial charge in [0.05, 0.1) is 18.8 Å². The van der Waals surface area contributed by atoms with Gasteiger partial charge in [-0.2, -0.15) is 0 Å². The predicted molar refractivity (Wildman–Crippen MR) is 70.8 cm³/mol. The molecule has 18 heavy (non-hydrogen) atoms. The summed E-state index contributed by atoms with van der Waals surface area (Å²) < 4.78 is 11.1. The van der Waals surface area contributed by atoms with E-state index in [-0.39, 0.29) is 6.10 Å². The summed E-state index contributed by atoms with van der Waals surface area (Å²) in [6.07, 6.45) is 3.65. The fourth-order valence-electron chi connectivity index (χ4n) is 2.22. The molecule has 1 aromatic carbocycles. The molecule has 0 aromatic heterocycles. The van der Waals surface area contributed by atoms with E-state index in [0.29, 0.717) is 6.42 Å². The number of hydrogen-bond acceptors (Lipinski definition) is 3. The third-order valence-electron chi connectivity index (χ3n) is 3.25. The molecule has 3 heteroatoms. The van der Waals surface area contributed by atoms with Gasteiger partial charge in [-0.25, -0.2) is 0 Å². The molecular weight excluding hydrogens is 228 g/mol. The van der Waals surface area contributed by atoms with Crippen LogP contribution in [0.3, 0.4) is 0 Å². The highest BCUT2D eigenvalue weighted by Crippen LogP contribution is 2.26. The molecule has 1 N–H and O–H groups in total. The number of aliphatic hydroxyl groups is 1. The Hall–Kier alpha value is -1.06. The lowest BCUT2D eigenvalue weighted by Crippen LogP contribution is -2.11. The van der Waals surface area contributed by atoms with E-state index in [4.69, 9.17) is 9.47 Å². The van der Waals surface area contributed by atoms with Crippen molar-refractivity contribution in [1.29, 1.82) is 0 Å². The molecule has 2 atom stereocenters. The highest BCUT2D eigenvalue weighted by atomic mass is 16.5. The minimum Gasteiger partial charge on any atom is -0.494 e. The summed E-state index contributed by atoms with van der Waals surface area (Å²) in [6.45, 7) is 3.65. The number of rotatable bonds is 6. The van der Waals surface area contributed by atoms with Crippen LogP contribution in [0, 0.1) is 0 Å². The van der Waals surface area contributed by atoms with Gasteiger partial charge in [-0.15, -0.1) is 0 Å². The zero-order chi connectivity index (χ0) is 12.8. The van der Waals surface area contributed by atoms with Crippen LogP contribution in [0.5, 0.6) is 5.75 Å². The molecule has 1 heterocycles. The fraction of sp³-hybridized carbons (Fsp3) is 0.600. The van der Waals surface area contributed by atoms with Crippen molar-refractivity contribution < 1.29 is 14.6 Å². The monoisotopic (exact) mass is 250 g/mol. The standard InChI is InChI=1S/C15H22O3/c1-2-9-17-13-7-5-12(6-8-13)15(16)11-14-4-3-10-18-14/h5-8,14-16H,2-4,9-11H2,1H3. The zero-order valence-electron chi connectivity index (χ0n) is 11.0. The smallest absolute Gasteiger partial charge is 0.119 e. The van der Waals surface area contributed by atoms with Gasteiger partial charge in [-0.05, 0) is 37.0 Å². The van der Waals surface area contributed by atoms with Gasteiger partial charge in [-0.1, -0.05) is 19.1 Å². The van der Waals surface area contributed by atoms with E-state index < -0.39 is 6.10 Å². The molecule has 100 valence electrons. The molecule has 0 bridgehead atoms. The third-order valence-corrected chi connectivity index (χ3v) is 3.25. The van der Waals surface area contributed by atoms with Crippen molar-refractivity contribution >= 4 is 0 Å². The topological polar surface area (TPSA) is 38.7 Å². The summed E-state index contributed by atoms with van der Waals surface area (Å²) in [5.74, 6) is 0.866. The van der Waals surface area contributed by atoms with Crippen molar-refractivity contribution in [2.75, 3.05) is 13.2 Å². The van der Waals surface area contributed by atoms with Gasteiger partial charge >= 0.3 is 0 Å². The van der Waals surface area contributed by atoms with E-state index in [9.17, 15) is 5.11 Å². The summed E-state index contributed by atoms with van der Waals surface area (Å²) >= 11 is 0. The molecule has 3 nitrogen and oxygen atoms in total. The number of aliphatic hydroxyl groups excluding tert-OH is 1. The summed E-state index contributed by atoms with van der Waals surface area (Å²) in [4.78, 5) is 0. The molecule has 2 rings (SSSR count). The molecule has 0 spiro atoms. The first-order valence-corrected chi connectivity index (χ1v) is 6.82. The third kappa shape index (κ3) is 3.72. The first-order chi connectivity index (χ1) is 8.79. The molecule has 0 radical (unpaired) electrons. The van der Waals surface area contributed by atoms with Crippen LogP contribution in [-0.4, -0.2) is 24.4 Å². The van der Waals surface area contributed by atoms with Crippen LogP contribution in [0.2, 0.25) is 0 Å². The summed E-state index contributed by atoms with van der Waals surface area (Å²) in [5, 5.41) is 10.1. The highest BCUT2D eigenvalue weighted by molar-refractivity contribution is 5.28. The Morgan fingerprint density at radius 3 is 2.78 bits per heavy atom. The van der Waals surface area contributed by atoms with Gasteiger partial charge in [0, 0.05) is 13.0 Å². The zero-order valence-corrected chi connectivity index (χ0v) is 11.0. The Bertz CT molecular complexity index is 341. The van der Waals surface area contributed by atoms with Gasteiger partial charge in [0.2, 0.25) is 0 Å². The lowest BCUT2D eigenvalue weighted by molar-refractivity contribution is 0.0535. The molecule has 0 aliphatic carbocycles. The van der Waals surface area contributed by atoms with Gasteiger partial charge < -0.3 is 14.6 Å². The SMILES string of the molecule is CCCOc1ccc(C(O)CC2CCCO2)cc1. The van der Waals surface area contributed by atoms with E-state index >= 15 is 0 Å². The van der Waals surface area contributed by atoms with Gasteiger partial charge in [0.1, 0.15) is 5.75 Å². The number of benzene rings is 1. The first-order valence-electron chi connectivity index (χ1n) is 6.82. The van der Waals surface area contributed by atoms with Crippen molar-refractivity contribution in [3.8, 4) is 5.75 Å². The molecule has 0 amide bonds. The second kappa shape index (κ2) is 6.76. The van der Waals surface area contributed by atoms with Crippen molar-refractivity contribution in [2.45, 2.75) is 44.8 Å². The molecule has 1 saturated heterocycles. The summed E-state index contributed by atoms with van der Waals surface area (Å²) in [6, 6.07) is 7.71. The Labute approximate surface area is 109 Å². The largest absolute Gasteiger partial charge is 0.494 e. The summed E-state index contributed by atoms with van der Waals surface area (Å²) in [5.41, 5.74) is 0.939. The molecule has 1 aromatic rings. The maximum Gasteiger partial charge on any atom is 0.119 e. The first kappa shape index (κ1) is 13.4. The predicted octanol–water partition coefficient (Wildman–Crippen LogP) is 3.08. The molecule has 1 fully saturated rings. The van der Waals surface area contributed by atoms with Crippen molar-refractivity contribution in [3.63, 3.8) is 0 Å². The van der Waals surface area contributed by atoms with Crippen LogP contribution in [0.1, 0.15) is 44.3 Å². The maximum atomic E-state index is 10.1. The molecule has 1 aliphatic heterocycles. The van der Waals surface area contributed by atoms with E-state index in [1.165, 1.54) is 0 Å². The van der Waals surface area contributed by atoms with Crippen molar-refractivity contribution in [2.24, 2.45) is 0 Å². The van der Waals surface area contributed by atoms with E-state index in [2.05, 4.69) is 6.92 Å². The Morgan fingerprint density at radius 1 is 1.39 bits per heavy atom. The minimum atomic E-state index is -0.437. The molecule has 2 unspecified atom stereocenters. The fourth-order valence-corrected chi connectivity index (χ4v) is 2.22. The van der Waals surface area contributed by atoms with Gasteiger partial charge in [0.15, 0.2) is 0 Å². The van der Waals surface area contributed by atoms with Crippen molar-refractivity contribution in [1.82, 2.24) is 0 Å². The lowest BCUT2D eigenvalue weighted by Gasteiger charge is -2.16. The normalized spacial score (nSPS) is 20.9. The second-order valence-electron chi connectivity index (χ2n) is 4.80. The van der Waals surface area contributed by atoms with Crippen LogP contribution in [0.4, 0.5) is 0 Å². The molecule has 0 saturated carbocycles. The molecule has 1 aliphatic rings. The van der Waals surface area contributed by atoms with Crippen molar-refractivity contribution in [3.05, 3.63) is 29.8 Å². The van der Waals surface area contributed by atoms with Crippen LogP contribution in [-0.2, 0) is 4.74 Å². The number of ether oxygens (including phenoxy) is 2. The van der Waals surface area contributed by atoms with E-state index in [1.807, 2.05) is 24.3 Å². The molecular formula is C15H22O3. The van der Waals surface area contributed by atoms with Crippen LogP contribution < -0.4 is 4.74 Å².